The highest BCUT2D eigenvalue weighted by Crippen LogP contribution is 2.24. The van der Waals surface area contributed by atoms with E-state index in [0.717, 1.165) is 22.4 Å². The van der Waals surface area contributed by atoms with Crippen LogP contribution >= 0.6 is 0 Å². The molecule has 0 aliphatic heterocycles. The first-order chi connectivity index (χ1) is 8.81. The highest BCUT2D eigenvalue weighted by Gasteiger charge is 2.25. The number of methoxy groups -OCH3 is 1. The molecule has 0 atom stereocenters. The topological polar surface area (TPSA) is 64.3 Å². The van der Waals surface area contributed by atoms with E-state index in [2.05, 4.69) is 5.32 Å². The molecule has 3 N–H and O–H groups in total. The molecule has 1 rings (SSSR count). The Morgan fingerprint density at radius 3 is 2.26 bits per heavy atom. The fraction of sp³-hybridized carbons (Fsp3) is 0.533. The summed E-state index contributed by atoms with van der Waals surface area (Å²) in [6.45, 7) is 8.52. The van der Waals surface area contributed by atoms with Crippen molar-refractivity contribution in [1.29, 1.82) is 0 Å². The van der Waals surface area contributed by atoms with Crippen LogP contribution in [0.3, 0.4) is 0 Å². The highest BCUT2D eigenvalue weighted by atomic mass is 16.5. The van der Waals surface area contributed by atoms with E-state index in [9.17, 15) is 4.79 Å². The summed E-state index contributed by atoms with van der Waals surface area (Å²) in [5, 5.41) is 2.92. The average Bonchev–Trinajstić information content (AvgIpc) is 2.35. The Morgan fingerprint density at radius 2 is 1.84 bits per heavy atom. The number of aryl methyl sites for hydroxylation is 2. The van der Waals surface area contributed by atoms with Gasteiger partial charge in [0, 0.05) is 13.1 Å². The van der Waals surface area contributed by atoms with Crippen LogP contribution in [0.2, 0.25) is 0 Å². The molecule has 19 heavy (non-hydrogen) atoms. The number of hydrogen-bond donors (Lipinski definition) is 2. The maximum atomic E-state index is 11.9. The zero-order chi connectivity index (χ0) is 14.6. The number of rotatable bonds is 5. The molecule has 1 aromatic rings. The van der Waals surface area contributed by atoms with Crippen LogP contribution in [0.5, 0.6) is 5.75 Å². The largest absolute Gasteiger partial charge is 0.496 e. The fourth-order valence-corrected chi connectivity index (χ4v) is 1.98. The smallest absolute Gasteiger partial charge is 0.227 e. The number of hydrogen-bond acceptors (Lipinski definition) is 3. The zero-order valence-corrected chi connectivity index (χ0v) is 12.5. The van der Waals surface area contributed by atoms with Gasteiger partial charge in [-0.3, -0.25) is 4.79 Å². The maximum absolute atomic E-state index is 11.9. The summed E-state index contributed by atoms with van der Waals surface area (Å²) in [5.41, 5.74) is 8.27. The van der Waals surface area contributed by atoms with Gasteiger partial charge < -0.3 is 15.8 Å². The van der Waals surface area contributed by atoms with Crippen molar-refractivity contribution >= 4 is 5.91 Å². The average molecular weight is 264 g/mol. The lowest BCUT2D eigenvalue weighted by atomic mass is 9.92. The second kappa shape index (κ2) is 6.06. The van der Waals surface area contributed by atoms with E-state index in [0.29, 0.717) is 13.1 Å². The molecule has 106 valence electrons. The predicted octanol–water partition coefficient (Wildman–Crippen LogP) is 1.91. The van der Waals surface area contributed by atoms with E-state index >= 15 is 0 Å². The molecule has 0 saturated heterocycles. The molecule has 4 nitrogen and oxygen atoms in total. The van der Waals surface area contributed by atoms with Gasteiger partial charge in [0.05, 0.1) is 12.5 Å². The third kappa shape index (κ3) is 3.70. The minimum absolute atomic E-state index is 0.0267. The van der Waals surface area contributed by atoms with Gasteiger partial charge in [0.1, 0.15) is 5.75 Å². The minimum Gasteiger partial charge on any atom is -0.496 e. The molecule has 0 aliphatic carbocycles. The first-order valence-electron chi connectivity index (χ1n) is 6.44. The molecule has 0 aromatic heterocycles. The van der Waals surface area contributed by atoms with Crippen LogP contribution in [-0.2, 0) is 11.3 Å². The van der Waals surface area contributed by atoms with E-state index in [4.69, 9.17) is 10.5 Å². The molecule has 0 saturated carbocycles. The highest BCUT2D eigenvalue weighted by molar-refractivity contribution is 5.82. The Hall–Kier alpha value is -1.55. The second-order valence-electron chi connectivity index (χ2n) is 5.53. The molecule has 0 heterocycles. The molecular formula is C15H24N2O2. The summed E-state index contributed by atoms with van der Waals surface area (Å²) in [4.78, 5) is 11.9. The first-order valence-corrected chi connectivity index (χ1v) is 6.44. The SMILES string of the molecule is COc1c(C)cc(CNC(=O)C(C)(C)CN)cc1C. The molecule has 0 bridgehead atoms. The standard InChI is InChI=1S/C15H24N2O2/c1-10-6-12(7-11(2)13(10)19-5)8-17-14(18)15(3,4)9-16/h6-7H,8-9,16H2,1-5H3,(H,17,18). The quantitative estimate of drug-likeness (QED) is 0.854. The van der Waals surface area contributed by atoms with Gasteiger partial charge in [-0.05, 0) is 44.4 Å². The van der Waals surface area contributed by atoms with Crippen LogP contribution < -0.4 is 15.8 Å². The monoisotopic (exact) mass is 264 g/mol. The van der Waals surface area contributed by atoms with Crippen LogP contribution in [0, 0.1) is 19.3 Å². The van der Waals surface area contributed by atoms with E-state index < -0.39 is 5.41 Å². The molecule has 1 aromatic carbocycles. The second-order valence-corrected chi connectivity index (χ2v) is 5.53. The lowest BCUT2D eigenvalue weighted by Crippen LogP contribution is -2.41. The van der Waals surface area contributed by atoms with Crippen molar-refractivity contribution in [2.24, 2.45) is 11.1 Å². The van der Waals surface area contributed by atoms with Gasteiger partial charge in [0.2, 0.25) is 5.91 Å². The number of nitrogens with two attached hydrogens (primary N) is 1. The Kier molecular flexibility index (Phi) is 4.95. The molecule has 1 amide bonds. The number of ether oxygens (including phenoxy) is 1. The minimum atomic E-state index is -0.531. The molecule has 4 heteroatoms. The molecule has 0 aliphatic rings. The van der Waals surface area contributed by atoms with Crippen LogP contribution in [0.1, 0.15) is 30.5 Å². The summed E-state index contributed by atoms with van der Waals surface area (Å²) < 4.78 is 5.32. The van der Waals surface area contributed by atoms with Crippen molar-refractivity contribution in [3.05, 3.63) is 28.8 Å². The van der Waals surface area contributed by atoms with Crippen molar-refractivity contribution in [3.8, 4) is 5.75 Å². The maximum Gasteiger partial charge on any atom is 0.227 e. The van der Waals surface area contributed by atoms with Gasteiger partial charge >= 0.3 is 0 Å². The normalized spacial score (nSPS) is 11.3. The Bertz CT molecular complexity index is 444. The van der Waals surface area contributed by atoms with Crippen molar-refractivity contribution in [2.75, 3.05) is 13.7 Å². The lowest BCUT2D eigenvalue weighted by Gasteiger charge is -2.21. The predicted molar refractivity (Wildman–Crippen MR) is 77.2 cm³/mol. The summed E-state index contributed by atoms with van der Waals surface area (Å²) in [7, 11) is 1.67. The summed E-state index contributed by atoms with van der Waals surface area (Å²) >= 11 is 0. The molecular weight excluding hydrogens is 240 g/mol. The lowest BCUT2D eigenvalue weighted by molar-refractivity contribution is -0.129. The van der Waals surface area contributed by atoms with Crippen LogP contribution in [0.15, 0.2) is 12.1 Å². The van der Waals surface area contributed by atoms with Crippen LogP contribution in [-0.4, -0.2) is 19.6 Å². The van der Waals surface area contributed by atoms with E-state index in [-0.39, 0.29) is 5.91 Å². The Labute approximate surface area is 115 Å². The van der Waals surface area contributed by atoms with Crippen LogP contribution in [0.25, 0.3) is 0 Å². The molecule has 0 radical (unpaired) electrons. The third-order valence-corrected chi connectivity index (χ3v) is 3.30. The number of amides is 1. The molecule has 0 fully saturated rings. The summed E-state index contributed by atoms with van der Waals surface area (Å²) in [6.07, 6.45) is 0. The van der Waals surface area contributed by atoms with Gasteiger partial charge in [0.25, 0.3) is 0 Å². The van der Waals surface area contributed by atoms with E-state index in [1.165, 1.54) is 0 Å². The number of nitrogens with one attached hydrogen (secondary N) is 1. The van der Waals surface area contributed by atoms with Gasteiger partial charge in [-0.1, -0.05) is 12.1 Å². The number of carbonyl (C=O) groups excluding carboxylic acids is 1. The van der Waals surface area contributed by atoms with E-state index in [1.807, 2.05) is 39.8 Å². The number of benzene rings is 1. The summed E-state index contributed by atoms with van der Waals surface area (Å²) in [6, 6.07) is 4.06. The Balaban J connectivity index is 2.77. The van der Waals surface area contributed by atoms with Crippen molar-refractivity contribution in [3.63, 3.8) is 0 Å². The molecule has 0 spiro atoms. The zero-order valence-electron chi connectivity index (χ0n) is 12.5. The van der Waals surface area contributed by atoms with Crippen molar-refractivity contribution in [2.45, 2.75) is 34.2 Å². The van der Waals surface area contributed by atoms with Gasteiger partial charge in [-0.15, -0.1) is 0 Å². The van der Waals surface area contributed by atoms with Crippen molar-refractivity contribution in [1.82, 2.24) is 5.32 Å². The first kappa shape index (κ1) is 15.5. The number of carbonyl (C=O) groups is 1. The van der Waals surface area contributed by atoms with Crippen LogP contribution in [0.4, 0.5) is 0 Å². The van der Waals surface area contributed by atoms with Gasteiger partial charge in [-0.25, -0.2) is 0 Å². The third-order valence-electron chi connectivity index (χ3n) is 3.30. The van der Waals surface area contributed by atoms with Crippen molar-refractivity contribution < 1.29 is 9.53 Å². The van der Waals surface area contributed by atoms with Gasteiger partial charge in [0.15, 0.2) is 0 Å². The molecule has 0 unspecified atom stereocenters. The summed E-state index contributed by atoms with van der Waals surface area (Å²) in [5.74, 6) is 0.874. The Morgan fingerprint density at radius 1 is 1.32 bits per heavy atom. The fourth-order valence-electron chi connectivity index (χ4n) is 1.98. The van der Waals surface area contributed by atoms with E-state index in [1.54, 1.807) is 7.11 Å². The van der Waals surface area contributed by atoms with Gasteiger partial charge in [-0.2, -0.15) is 0 Å².